The van der Waals surface area contributed by atoms with E-state index in [1.807, 2.05) is 19.9 Å². The molecule has 4 N–H and O–H groups in total. The minimum atomic E-state index is -1.29. The number of carbonyl (C=O) groups excluding carboxylic acids is 2. The number of carboxylic acids is 1. The summed E-state index contributed by atoms with van der Waals surface area (Å²) in [6.45, 7) is 2.98. The van der Waals surface area contributed by atoms with Gasteiger partial charge in [0.1, 0.15) is 18.7 Å². The highest BCUT2D eigenvalue weighted by Crippen LogP contribution is 2.05. The number of benzene rings is 1. The summed E-state index contributed by atoms with van der Waals surface area (Å²) < 4.78 is 4.97. The minimum absolute atomic E-state index is 0.0114. The van der Waals surface area contributed by atoms with Crippen LogP contribution in [0, 0.1) is 5.92 Å². The molecule has 8 heteroatoms. The number of alkyl carbamates (subject to hydrolysis) is 1. The molecule has 1 aromatic rings. The molecule has 0 saturated heterocycles. The van der Waals surface area contributed by atoms with Gasteiger partial charge in [-0.1, -0.05) is 44.2 Å². The van der Waals surface area contributed by atoms with Gasteiger partial charge in [0.25, 0.3) is 0 Å². The quantitative estimate of drug-likeness (QED) is 0.523. The normalized spacial score (nSPS) is 13.0. The molecule has 25 heavy (non-hydrogen) atoms. The summed E-state index contributed by atoms with van der Waals surface area (Å²) in [5, 5.41) is 22.9. The van der Waals surface area contributed by atoms with Crippen LogP contribution in [0.5, 0.6) is 0 Å². The number of hydrogen-bond donors (Lipinski definition) is 4. The molecule has 0 saturated carbocycles. The molecule has 0 aliphatic heterocycles. The lowest BCUT2D eigenvalue weighted by atomic mass is 10.0. The van der Waals surface area contributed by atoms with Gasteiger partial charge in [0.15, 0.2) is 0 Å². The number of carbonyl (C=O) groups is 3. The lowest BCUT2D eigenvalue weighted by Gasteiger charge is -2.20. The highest BCUT2D eigenvalue weighted by molar-refractivity contribution is 5.89. The van der Waals surface area contributed by atoms with E-state index in [1.54, 1.807) is 24.3 Å². The van der Waals surface area contributed by atoms with Crippen LogP contribution in [-0.4, -0.2) is 46.9 Å². The fourth-order valence-electron chi connectivity index (χ4n) is 2.07. The molecule has 0 aromatic heterocycles. The van der Waals surface area contributed by atoms with Crippen LogP contribution >= 0.6 is 0 Å². The summed E-state index contributed by atoms with van der Waals surface area (Å²) >= 11 is 0. The van der Waals surface area contributed by atoms with E-state index in [-0.39, 0.29) is 18.9 Å². The molecule has 2 amide bonds. The fourth-order valence-corrected chi connectivity index (χ4v) is 2.07. The summed E-state index contributed by atoms with van der Waals surface area (Å²) in [5.74, 6) is -1.91. The molecule has 1 aromatic carbocycles. The molecule has 8 nitrogen and oxygen atoms in total. The van der Waals surface area contributed by atoms with Crippen LogP contribution < -0.4 is 10.6 Å². The molecule has 0 fully saturated rings. The number of carboxylic acid groups (broad SMARTS) is 1. The number of aliphatic hydroxyl groups is 1. The van der Waals surface area contributed by atoms with E-state index in [0.717, 1.165) is 5.56 Å². The summed E-state index contributed by atoms with van der Waals surface area (Å²) in [6, 6.07) is 6.56. The Balaban J connectivity index is 2.54. The highest BCUT2D eigenvalue weighted by atomic mass is 16.5. The lowest BCUT2D eigenvalue weighted by Crippen LogP contribution is -2.53. The Morgan fingerprint density at radius 1 is 1.08 bits per heavy atom. The molecule has 1 rings (SSSR count). The number of hydrogen-bond acceptors (Lipinski definition) is 5. The first-order valence-electron chi connectivity index (χ1n) is 7.94. The second kappa shape index (κ2) is 10.3. The van der Waals surface area contributed by atoms with E-state index in [9.17, 15) is 19.5 Å². The first-order chi connectivity index (χ1) is 11.8. The smallest absolute Gasteiger partial charge is 0.408 e. The number of rotatable bonds is 9. The van der Waals surface area contributed by atoms with Gasteiger partial charge >= 0.3 is 12.1 Å². The Bertz CT molecular complexity index is 576. The third-order valence-corrected chi connectivity index (χ3v) is 3.33. The third-order valence-electron chi connectivity index (χ3n) is 3.33. The maximum absolute atomic E-state index is 12.1. The zero-order valence-electron chi connectivity index (χ0n) is 14.3. The van der Waals surface area contributed by atoms with Gasteiger partial charge < -0.3 is 25.6 Å². The van der Waals surface area contributed by atoms with Gasteiger partial charge in [-0.25, -0.2) is 9.59 Å². The van der Waals surface area contributed by atoms with Crippen LogP contribution in [0.2, 0.25) is 0 Å². The van der Waals surface area contributed by atoms with Crippen molar-refractivity contribution in [2.45, 2.75) is 39.0 Å². The average Bonchev–Trinajstić information content (AvgIpc) is 2.57. The monoisotopic (exact) mass is 352 g/mol. The van der Waals surface area contributed by atoms with Gasteiger partial charge in [-0.2, -0.15) is 0 Å². The molecule has 0 heterocycles. The molecule has 0 unspecified atom stereocenters. The predicted molar refractivity (Wildman–Crippen MR) is 89.7 cm³/mol. The van der Waals surface area contributed by atoms with Crippen LogP contribution in [0.15, 0.2) is 30.3 Å². The van der Waals surface area contributed by atoms with Crippen LogP contribution in [0.3, 0.4) is 0 Å². The van der Waals surface area contributed by atoms with Crippen molar-refractivity contribution in [1.29, 1.82) is 0 Å². The summed E-state index contributed by atoms with van der Waals surface area (Å²) in [7, 11) is 0. The standard InChI is InChI=1S/C17H24N2O6/c1-11(2)8-13(16(22)23)18-15(21)14(9-20)19-17(24)25-10-12-6-4-3-5-7-12/h3-7,11,13-14,20H,8-10H2,1-2H3,(H,18,21)(H,19,24)(H,22,23)/t13-,14-/m0/s1. The van der Waals surface area contributed by atoms with Gasteiger partial charge in [0, 0.05) is 0 Å². The molecule has 0 bridgehead atoms. The number of amides is 2. The number of ether oxygens (including phenoxy) is 1. The van der Waals surface area contributed by atoms with Crippen molar-refractivity contribution in [2.24, 2.45) is 5.92 Å². The van der Waals surface area contributed by atoms with E-state index in [4.69, 9.17) is 9.84 Å². The SMILES string of the molecule is CC(C)C[C@H](NC(=O)[C@H](CO)NC(=O)OCc1ccccc1)C(=O)O. The topological polar surface area (TPSA) is 125 Å². The van der Waals surface area contributed by atoms with Gasteiger partial charge in [0.2, 0.25) is 5.91 Å². The second-order valence-electron chi connectivity index (χ2n) is 5.97. The van der Waals surface area contributed by atoms with Gasteiger partial charge in [0.05, 0.1) is 6.61 Å². The molecule has 0 aliphatic rings. The molecule has 2 atom stereocenters. The maximum atomic E-state index is 12.1. The second-order valence-corrected chi connectivity index (χ2v) is 5.97. The van der Waals surface area contributed by atoms with Crippen LogP contribution in [0.1, 0.15) is 25.8 Å². The zero-order valence-corrected chi connectivity index (χ0v) is 14.3. The molecule has 0 radical (unpaired) electrons. The molecular weight excluding hydrogens is 328 g/mol. The molecule has 0 spiro atoms. The van der Waals surface area contributed by atoms with E-state index >= 15 is 0 Å². The van der Waals surface area contributed by atoms with E-state index < -0.39 is 36.7 Å². The number of nitrogens with one attached hydrogen (secondary N) is 2. The van der Waals surface area contributed by atoms with E-state index in [2.05, 4.69) is 10.6 Å². The fraction of sp³-hybridized carbons (Fsp3) is 0.471. The Kier molecular flexibility index (Phi) is 8.42. The van der Waals surface area contributed by atoms with E-state index in [0.29, 0.717) is 0 Å². The van der Waals surface area contributed by atoms with Crippen LogP contribution in [0.4, 0.5) is 4.79 Å². The van der Waals surface area contributed by atoms with Gasteiger partial charge in [-0.3, -0.25) is 4.79 Å². The summed E-state index contributed by atoms with van der Waals surface area (Å²) in [5.41, 5.74) is 0.769. The van der Waals surface area contributed by atoms with Crippen molar-refractivity contribution in [1.82, 2.24) is 10.6 Å². The molecule has 138 valence electrons. The van der Waals surface area contributed by atoms with Crippen molar-refractivity contribution in [3.63, 3.8) is 0 Å². The van der Waals surface area contributed by atoms with Crippen molar-refractivity contribution in [2.75, 3.05) is 6.61 Å². The Hall–Kier alpha value is -2.61. The first kappa shape index (κ1) is 20.4. The third kappa shape index (κ3) is 7.67. The number of aliphatic hydroxyl groups excluding tert-OH is 1. The Morgan fingerprint density at radius 3 is 2.24 bits per heavy atom. The minimum Gasteiger partial charge on any atom is -0.480 e. The lowest BCUT2D eigenvalue weighted by molar-refractivity contribution is -0.142. The van der Waals surface area contributed by atoms with Crippen molar-refractivity contribution < 1.29 is 29.3 Å². The molecule has 0 aliphatic carbocycles. The van der Waals surface area contributed by atoms with Gasteiger partial charge in [-0.15, -0.1) is 0 Å². The number of aliphatic carboxylic acids is 1. The predicted octanol–water partition coefficient (Wildman–Crippen LogP) is 0.889. The van der Waals surface area contributed by atoms with Gasteiger partial charge in [-0.05, 0) is 17.9 Å². The maximum Gasteiger partial charge on any atom is 0.408 e. The van der Waals surface area contributed by atoms with Crippen molar-refractivity contribution in [3.05, 3.63) is 35.9 Å². The van der Waals surface area contributed by atoms with E-state index in [1.165, 1.54) is 0 Å². The van der Waals surface area contributed by atoms with Crippen LogP contribution in [0.25, 0.3) is 0 Å². The summed E-state index contributed by atoms with van der Waals surface area (Å²) in [6.07, 6.45) is -0.647. The zero-order chi connectivity index (χ0) is 18.8. The highest BCUT2D eigenvalue weighted by Gasteiger charge is 2.27. The largest absolute Gasteiger partial charge is 0.480 e. The van der Waals surface area contributed by atoms with Crippen LogP contribution in [-0.2, 0) is 20.9 Å². The van der Waals surface area contributed by atoms with Crippen molar-refractivity contribution in [3.8, 4) is 0 Å². The van der Waals surface area contributed by atoms with Crippen molar-refractivity contribution >= 4 is 18.0 Å². The first-order valence-corrected chi connectivity index (χ1v) is 7.94. The molecular formula is C17H24N2O6. The average molecular weight is 352 g/mol. The Labute approximate surface area is 146 Å². The Morgan fingerprint density at radius 2 is 1.72 bits per heavy atom. The summed E-state index contributed by atoms with van der Waals surface area (Å²) in [4.78, 5) is 35.0.